The number of hydrogen-bond acceptors (Lipinski definition) is 8. The van der Waals surface area contributed by atoms with Gasteiger partial charge in [0.1, 0.15) is 11.9 Å². The Morgan fingerprint density at radius 3 is 2.48 bits per heavy atom. The molecule has 3 aromatic carbocycles. The summed E-state index contributed by atoms with van der Waals surface area (Å²) in [4.78, 5) is 51.4. The summed E-state index contributed by atoms with van der Waals surface area (Å²) in [6, 6.07) is 23.7. The van der Waals surface area contributed by atoms with E-state index in [9.17, 15) is 19.2 Å². The fourth-order valence-electron chi connectivity index (χ4n) is 5.09. The first kappa shape index (κ1) is 35.6. The van der Waals surface area contributed by atoms with E-state index in [-0.39, 0.29) is 37.2 Å². The topological polar surface area (TPSA) is 147 Å². The Morgan fingerprint density at radius 2 is 1.71 bits per heavy atom. The number of ether oxygens (including phenoxy) is 2. The summed E-state index contributed by atoms with van der Waals surface area (Å²) in [7, 11) is 0. The number of amides is 3. The van der Waals surface area contributed by atoms with E-state index < -0.39 is 12.0 Å². The molecule has 1 aliphatic rings. The molecule has 4 rings (SSSR count). The molecule has 0 bridgehead atoms. The number of carbonyl (C=O) groups is 4. The van der Waals surface area contributed by atoms with Crippen LogP contribution in [0, 0.1) is 0 Å². The van der Waals surface area contributed by atoms with Crippen molar-refractivity contribution < 1.29 is 33.9 Å². The zero-order chi connectivity index (χ0) is 34.0. The number of nitrogens with zero attached hydrogens (tertiary/aromatic N) is 2. The number of benzene rings is 3. The Morgan fingerprint density at radius 1 is 0.938 bits per heavy atom. The SMILES string of the molecule is O=C(CCCCCOc1ccc(C(=O)N/N=C/c2cccc(CN3C[C@@H](c4ccccc4)OC(=O)CC/C=C/CCC3=O)c2)cc1)NO. The Balaban J connectivity index is 1.33. The Labute approximate surface area is 280 Å². The molecule has 3 amide bonds. The Kier molecular flexibility index (Phi) is 14.4. The second-order valence-corrected chi connectivity index (χ2v) is 11.4. The second-order valence-electron chi connectivity index (χ2n) is 11.4. The van der Waals surface area contributed by atoms with E-state index in [1.54, 1.807) is 40.9 Å². The van der Waals surface area contributed by atoms with Crippen LogP contribution in [0.2, 0.25) is 0 Å². The summed E-state index contributed by atoms with van der Waals surface area (Å²) in [6.45, 7) is 1.01. The van der Waals surface area contributed by atoms with Crippen LogP contribution in [0.25, 0.3) is 0 Å². The summed E-state index contributed by atoms with van der Waals surface area (Å²) in [5, 5.41) is 12.6. The number of allylic oxidation sites excluding steroid dienone is 2. The summed E-state index contributed by atoms with van der Waals surface area (Å²) >= 11 is 0. The minimum Gasteiger partial charge on any atom is -0.494 e. The van der Waals surface area contributed by atoms with Crippen LogP contribution in [0.3, 0.4) is 0 Å². The zero-order valence-electron chi connectivity index (χ0n) is 26.9. The number of esters is 1. The minimum absolute atomic E-state index is 0.0374. The van der Waals surface area contributed by atoms with Gasteiger partial charge in [0.25, 0.3) is 5.91 Å². The van der Waals surface area contributed by atoms with Crippen LogP contribution in [-0.4, -0.2) is 53.2 Å². The highest BCUT2D eigenvalue weighted by atomic mass is 16.5. The van der Waals surface area contributed by atoms with Gasteiger partial charge >= 0.3 is 5.97 Å². The normalized spacial score (nSPS) is 16.4. The van der Waals surface area contributed by atoms with Crippen LogP contribution < -0.4 is 15.6 Å². The fourth-order valence-corrected chi connectivity index (χ4v) is 5.09. The first-order chi connectivity index (χ1) is 23.4. The molecule has 0 aliphatic carbocycles. The first-order valence-electron chi connectivity index (χ1n) is 16.2. The maximum Gasteiger partial charge on any atom is 0.306 e. The maximum atomic E-state index is 13.4. The highest BCUT2D eigenvalue weighted by molar-refractivity contribution is 5.95. The van der Waals surface area contributed by atoms with Gasteiger partial charge in [0.2, 0.25) is 11.8 Å². The van der Waals surface area contributed by atoms with Crippen molar-refractivity contribution >= 4 is 29.9 Å². The van der Waals surface area contributed by atoms with Gasteiger partial charge < -0.3 is 14.4 Å². The quantitative estimate of drug-likeness (QED) is 0.0540. The number of carbonyl (C=O) groups excluding carboxylic acids is 4. The third-order valence-electron chi connectivity index (χ3n) is 7.65. The van der Waals surface area contributed by atoms with Gasteiger partial charge in [0.15, 0.2) is 0 Å². The van der Waals surface area contributed by atoms with Gasteiger partial charge in [-0.3, -0.25) is 24.4 Å². The van der Waals surface area contributed by atoms with Crippen LogP contribution in [-0.2, 0) is 25.7 Å². The van der Waals surface area contributed by atoms with Gasteiger partial charge in [-0.15, -0.1) is 0 Å². The number of cyclic esters (lactones) is 1. The molecular weight excluding hydrogens is 612 g/mol. The van der Waals surface area contributed by atoms with Crippen LogP contribution in [0.1, 0.15) is 84.5 Å². The molecule has 0 saturated carbocycles. The molecule has 48 heavy (non-hydrogen) atoms. The van der Waals surface area contributed by atoms with Crippen molar-refractivity contribution in [2.24, 2.45) is 5.10 Å². The lowest BCUT2D eigenvalue weighted by Gasteiger charge is -2.28. The van der Waals surface area contributed by atoms with Crippen molar-refractivity contribution in [2.75, 3.05) is 13.2 Å². The molecule has 0 fully saturated rings. The molecule has 11 nitrogen and oxygen atoms in total. The number of rotatable bonds is 13. The lowest BCUT2D eigenvalue weighted by atomic mass is 10.1. The second kappa shape index (κ2) is 19.4. The van der Waals surface area contributed by atoms with E-state index in [4.69, 9.17) is 14.7 Å². The van der Waals surface area contributed by atoms with Crippen LogP contribution in [0.15, 0.2) is 96.1 Å². The third kappa shape index (κ3) is 12.1. The standard InChI is InChI=1S/C37H42N4O7/c42-34(40-46)16-7-4-10-23-47-32-21-19-31(20-22-32)37(45)39-38-25-28-12-11-13-29(24-28)26-41-27-33(30-14-5-3-6-15-30)48-36(44)18-9-2-1-8-17-35(41)43/h1-3,5-6,11-15,19-22,24-25,33,46H,4,7-10,16-18,23,26-27H2,(H,39,45)(H,40,42)/b2-1+,38-25+/t33-/m0/s1. The van der Waals surface area contributed by atoms with E-state index in [0.29, 0.717) is 50.1 Å². The van der Waals surface area contributed by atoms with E-state index in [0.717, 1.165) is 29.5 Å². The van der Waals surface area contributed by atoms with Gasteiger partial charge in [0.05, 0.1) is 19.4 Å². The first-order valence-corrected chi connectivity index (χ1v) is 16.2. The zero-order valence-corrected chi connectivity index (χ0v) is 26.9. The molecule has 252 valence electrons. The minimum atomic E-state index is -0.592. The molecule has 1 aliphatic heterocycles. The molecule has 1 heterocycles. The van der Waals surface area contributed by atoms with Crippen molar-refractivity contribution in [3.8, 4) is 5.75 Å². The summed E-state index contributed by atoms with van der Waals surface area (Å²) < 4.78 is 11.5. The van der Waals surface area contributed by atoms with Gasteiger partial charge in [-0.25, -0.2) is 10.9 Å². The van der Waals surface area contributed by atoms with Crippen molar-refractivity contribution in [1.29, 1.82) is 0 Å². The molecular formula is C37H42N4O7. The number of hydrazone groups is 1. The van der Waals surface area contributed by atoms with E-state index in [1.807, 2.05) is 66.7 Å². The number of hydrogen-bond donors (Lipinski definition) is 3. The molecule has 0 unspecified atom stereocenters. The predicted molar refractivity (Wildman–Crippen MR) is 180 cm³/mol. The summed E-state index contributed by atoms with van der Waals surface area (Å²) in [5.41, 5.74) is 7.01. The lowest BCUT2D eigenvalue weighted by molar-refractivity contribution is -0.152. The fraction of sp³-hybridized carbons (Fsp3) is 0.324. The molecule has 3 N–H and O–H groups in total. The third-order valence-corrected chi connectivity index (χ3v) is 7.65. The van der Waals surface area contributed by atoms with Crippen LogP contribution in [0.5, 0.6) is 5.75 Å². The smallest absolute Gasteiger partial charge is 0.306 e. The van der Waals surface area contributed by atoms with Crippen LogP contribution in [0.4, 0.5) is 0 Å². The highest BCUT2D eigenvalue weighted by Crippen LogP contribution is 2.23. The van der Waals surface area contributed by atoms with Gasteiger partial charge in [0, 0.05) is 31.4 Å². The summed E-state index contributed by atoms with van der Waals surface area (Å²) in [5.74, 6) is -0.495. The van der Waals surface area contributed by atoms with E-state index >= 15 is 0 Å². The summed E-state index contributed by atoms with van der Waals surface area (Å²) in [6.07, 6.45) is 9.06. The number of hydroxylamine groups is 1. The van der Waals surface area contributed by atoms with E-state index in [2.05, 4.69) is 10.5 Å². The van der Waals surface area contributed by atoms with Gasteiger partial charge in [-0.05, 0) is 79.1 Å². The average Bonchev–Trinajstić information content (AvgIpc) is 3.10. The average molecular weight is 655 g/mol. The van der Waals surface area contributed by atoms with Crippen LogP contribution >= 0.6 is 0 Å². The lowest BCUT2D eigenvalue weighted by Crippen LogP contribution is -2.35. The number of unbranched alkanes of at least 4 members (excludes halogenated alkanes) is 2. The molecule has 0 radical (unpaired) electrons. The van der Waals surface area contributed by atoms with Crippen molar-refractivity contribution in [3.63, 3.8) is 0 Å². The Bertz CT molecular complexity index is 1560. The Hall–Kier alpha value is -5.29. The monoisotopic (exact) mass is 654 g/mol. The van der Waals surface area contributed by atoms with Crippen molar-refractivity contribution in [2.45, 2.75) is 64.0 Å². The van der Waals surface area contributed by atoms with E-state index in [1.165, 1.54) is 0 Å². The highest BCUT2D eigenvalue weighted by Gasteiger charge is 2.24. The van der Waals surface area contributed by atoms with Gasteiger partial charge in [-0.1, -0.05) is 60.7 Å². The predicted octanol–water partition coefficient (Wildman–Crippen LogP) is 5.64. The van der Waals surface area contributed by atoms with Gasteiger partial charge in [-0.2, -0.15) is 5.10 Å². The molecule has 11 heteroatoms. The molecule has 3 aromatic rings. The number of nitrogens with one attached hydrogen (secondary N) is 2. The maximum absolute atomic E-state index is 13.4. The molecule has 0 aromatic heterocycles. The molecule has 1 atom stereocenters. The molecule has 0 spiro atoms. The van der Waals surface area contributed by atoms with Crippen molar-refractivity contribution in [1.82, 2.24) is 15.8 Å². The van der Waals surface area contributed by atoms with Crippen molar-refractivity contribution in [3.05, 3.63) is 113 Å². The molecule has 0 saturated heterocycles. The largest absolute Gasteiger partial charge is 0.494 e.